The Bertz CT molecular complexity index is 400. The second-order valence-corrected chi connectivity index (χ2v) is 4.82. The van der Waals surface area contributed by atoms with Crippen LogP contribution in [0, 0.1) is 0 Å². The molecular formula is C12H18BrClN2O2. The molecule has 0 saturated heterocycles. The van der Waals surface area contributed by atoms with Gasteiger partial charge in [0.1, 0.15) is 0 Å². The summed E-state index contributed by atoms with van der Waals surface area (Å²) < 4.78 is 6.18. The number of carbonyl (C=O) groups excluding carboxylic acids is 1. The first kappa shape index (κ1) is 17.2. The minimum absolute atomic E-state index is 0. The van der Waals surface area contributed by atoms with E-state index in [4.69, 9.17) is 10.5 Å². The fourth-order valence-corrected chi connectivity index (χ4v) is 1.67. The van der Waals surface area contributed by atoms with Crippen LogP contribution in [0.5, 0.6) is 0 Å². The van der Waals surface area contributed by atoms with E-state index in [0.29, 0.717) is 24.4 Å². The molecule has 0 fully saturated rings. The highest BCUT2D eigenvalue weighted by molar-refractivity contribution is 9.10. The number of rotatable bonds is 5. The molecule has 0 atom stereocenters. The lowest BCUT2D eigenvalue weighted by atomic mass is 10.1. The average Bonchev–Trinajstić information content (AvgIpc) is 2.23. The zero-order chi connectivity index (χ0) is 12.8. The van der Waals surface area contributed by atoms with Crippen molar-refractivity contribution >= 4 is 39.9 Å². The van der Waals surface area contributed by atoms with E-state index in [-0.39, 0.29) is 24.4 Å². The van der Waals surface area contributed by atoms with Crippen molar-refractivity contribution in [3.63, 3.8) is 0 Å². The maximum atomic E-state index is 11.8. The Hall–Kier alpha value is -0.780. The highest BCUT2D eigenvalue weighted by Crippen LogP contribution is 2.18. The molecule has 1 aromatic rings. The molecule has 0 spiro atoms. The van der Waals surface area contributed by atoms with Crippen LogP contribution in [-0.4, -0.2) is 25.2 Å². The molecule has 3 N–H and O–H groups in total. The summed E-state index contributed by atoms with van der Waals surface area (Å²) in [6.07, 6.45) is 0.171. The average molecular weight is 338 g/mol. The van der Waals surface area contributed by atoms with Crippen LogP contribution in [0.1, 0.15) is 24.2 Å². The molecule has 0 heterocycles. The van der Waals surface area contributed by atoms with Gasteiger partial charge < -0.3 is 15.8 Å². The summed E-state index contributed by atoms with van der Waals surface area (Å²) >= 11 is 3.29. The number of amides is 1. The molecule has 18 heavy (non-hydrogen) atoms. The van der Waals surface area contributed by atoms with Crippen LogP contribution in [-0.2, 0) is 4.74 Å². The van der Waals surface area contributed by atoms with E-state index in [0.717, 1.165) is 4.47 Å². The summed E-state index contributed by atoms with van der Waals surface area (Å²) in [5.41, 5.74) is 6.70. The Morgan fingerprint density at radius 3 is 2.72 bits per heavy atom. The quantitative estimate of drug-likeness (QED) is 0.641. The molecule has 0 bridgehead atoms. The summed E-state index contributed by atoms with van der Waals surface area (Å²) in [5.74, 6) is -0.178. The van der Waals surface area contributed by atoms with Gasteiger partial charge in [-0.3, -0.25) is 4.79 Å². The predicted octanol–water partition coefficient (Wildman–Crippen LogP) is 2.61. The van der Waals surface area contributed by atoms with Crippen LogP contribution in [0.25, 0.3) is 0 Å². The monoisotopic (exact) mass is 336 g/mol. The molecule has 1 amide bonds. The number of hydrogen-bond acceptors (Lipinski definition) is 3. The standard InChI is InChI=1S/C12H17BrN2O2.ClH/c1-8(2)17-6-5-15-12(16)10-4-3-9(13)7-11(10)14;/h3-4,7-8H,5-6,14H2,1-2H3,(H,15,16);1H. The third-order valence-corrected chi connectivity index (χ3v) is 2.59. The van der Waals surface area contributed by atoms with Gasteiger partial charge in [0.05, 0.1) is 18.3 Å². The van der Waals surface area contributed by atoms with Gasteiger partial charge in [0.25, 0.3) is 5.91 Å². The van der Waals surface area contributed by atoms with Crippen LogP contribution >= 0.6 is 28.3 Å². The van der Waals surface area contributed by atoms with E-state index >= 15 is 0 Å². The smallest absolute Gasteiger partial charge is 0.253 e. The van der Waals surface area contributed by atoms with Crippen molar-refractivity contribution in [3.8, 4) is 0 Å². The van der Waals surface area contributed by atoms with Crippen molar-refractivity contribution in [2.75, 3.05) is 18.9 Å². The van der Waals surface area contributed by atoms with Crippen LogP contribution in [0.3, 0.4) is 0 Å². The molecule has 0 aliphatic carbocycles. The van der Waals surface area contributed by atoms with Crippen LogP contribution in [0.15, 0.2) is 22.7 Å². The minimum atomic E-state index is -0.178. The molecule has 1 rings (SSSR count). The number of nitrogen functional groups attached to an aromatic ring is 1. The van der Waals surface area contributed by atoms with Gasteiger partial charge in [0.15, 0.2) is 0 Å². The van der Waals surface area contributed by atoms with E-state index in [2.05, 4.69) is 21.2 Å². The lowest BCUT2D eigenvalue weighted by Gasteiger charge is -2.10. The molecule has 4 nitrogen and oxygen atoms in total. The van der Waals surface area contributed by atoms with Crippen molar-refractivity contribution in [2.24, 2.45) is 0 Å². The highest BCUT2D eigenvalue weighted by atomic mass is 79.9. The van der Waals surface area contributed by atoms with Gasteiger partial charge in [0, 0.05) is 16.7 Å². The van der Waals surface area contributed by atoms with Gasteiger partial charge in [-0.05, 0) is 32.0 Å². The van der Waals surface area contributed by atoms with Gasteiger partial charge in [-0.15, -0.1) is 12.4 Å². The number of benzene rings is 1. The first-order chi connectivity index (χ1) is 8.00. The third-order valence-electron chi connectivity index (χ3n) is 2.10. The number of halogens is 2. The van der Waals surface area contributed by atoms with Crippen molar-refractivity contribution in [1.29, 1.82) is 0 Å². The van der Waals surface area contributed by atoms with Gasteiger partial charge in [-0.25, -0.2) is 0 Å². The first-order valence-electron chi connectivity index (χ1n) is 5.45. The maximum Gasteiger partial charge on any atom is 0.253 e. The Labute approximate surface area is 122 Å². The fourth-order valence-electron chi connectivity index (χ4n) is 1.29. The molecule has 0 unspecified atom stereocenters. The molecule has 0 aliphatic heterocycles. The SMILES string of the molecule is CC(C)OCCNC(=O)c1ccc(Br)cc1N.Cl. The Kier molecular flexibility index (Phi) is 7.98. The zero-order valence-corrected chi connectivity index (χ0v) is 12.8. The van der Waals surface area contributed by atoms with E-state index in [9.17, 15) is 4.79 Å². The van der Waals surface area contributed by atoms with Gasteiger partial charge in [0.2, 0.25) is 0 Å². The second kappa shape index (κ2) is 8.34. The zero-order valence-electron chi connectivity index (χ0n) is 10.4. The Morgan fingerprint density at radius 1 is 1.50 bits per heavy atom. The number of carbonyl (C=O) groups is 1. The molecule has 6 heteroatoms. The number of anilines is 1. The topological polar surface area (TPSA) is 64.3 Å². The molecule has 0 saturated carbocycles. The Balaban J connectivity index is 0.00000289. The molecule has 1 aromatic carbocycles. The fraction of sp³-hybridized carbons (Fsp3) is 0.417. The number of ether oxygens (including phenoxy) is 1. The van der Waals surface area contributed by atoms with E-state index < -0.39 is 0 Å². The van der Waals surface area contributed by atoms with Crippen molar-refractivity contribution in [1.82, 2.24) is 5.32 Å². The van der Waals surface area contributed by atoms with Crippen LogP contribution < -0.4 is 11.1 Å². The summed E-state index contributed by atoms with van der Waals surface area (Å²) in [6, 6.07) is 5.19. The summed E-state index contributed by atoms with van der Waals surface area (Å²) in [4.78, 5) is 11.8. The van der Waals surface area contributed by atoms with Crippen molar-refractivity contribution < 1.29 is 9.53 Å². The molecule has 102 valence electrons. The first-order valence-corrected chi connectivity index (χ1v) is 6.25. The van der Waals surface area contributed by atoms with Gasteiger partial charge in [-0.1, -0.05) is 15.9 Å². The normalized spacial score (nSPS) is 10.0. The Morgan fingerprint density at radius 2 is 2.17 bits per heavy atom. The highest BCUT2D eigenvalue weighted by Gasteiger charge is 2.08. The number of nitrogens with one attached hydrogen (secondary N) is 1. The summed E-state index contributed by atoms with van der Waals surface area (Å²) in [5, 5.41) is 2.76. The summed E-state index contributed by atoms with van der Waals surface area (Å²) in [6.45, 7) is 4.88. The molecular weight excluding hydrogens is 320 g/mol. The third kappa shape index (κ3) is 5.71. The van der Waals surface area contributed by atoms with Crippen molar-refractivity contribution in [3.05, 3.63) is 28.2 Å². The number of nitrogens with two attached hydrogens (primary N) is 1. The van der Waals surface area contributed by atoms with Gasteiger partial charge in [-0.2, -0.15) is 0 Å². The van der Waals surface area contributed by atoms with E-state index in [1.165, 1.54) is 0 Å². The lowest BCUT2D eigenvalue weighted by molar-refractivity contribution is 0.0747. The van der Waals surface area contributed by atoms with E-state index in [1.807, 2.05) is 13.8 Å². The summed E-state index contributed by atoms with van der Waals surface area (Å²) in [7, 11) is 0. The van der Waals surface area contributed by atoms with Crippen LogP contribution in [0.2, 0.25) is 0 Å². The molecule has 0 radical (unpaired) electrons. The minimum Gasteiger partial charge on any atom is -0.398 e. The lowest BCUT2D eigenvalue weighted by Crippen LogP contribution is -2.28. The largest absolute Gasteiger partial charge is 0.398 e. The predicted molar refractivity (Wildman–Crippen MR) is 79.2 cm³/mol. The maximum absolute atomic E-state index is 11.8. The van der Waals surface area contributed by atoms with Crippen molar-refractivity contribution in [2.45, 2.75) is 20.0 Å². The number of hydrogen-bond donors (Lipinski definition) is 2. The van der Waals surface area contributed by atoms with E-state index in [1.54, 1.807) is 18.2 Å². The second-order valence-electron chi connectivity index (χ2n) is 3.91. The molecule has 0 aliphatic rings. The van der Waals surface area contributed by atoms with Gasteiger partial charge >= 0.3 is 0 Å². The molecule has 0 aromatic heterocycles. The van der Waals surface area contributed by atoms with Crippen LogP contribution in [0.4, 0.5) is 5.69 Å².